The van der Waals surface area contributed by atoms with Crippen molar-refractivity contribution in [3.05, 3.63) is 39.9 Å². The van der Waals surface area contributed by atoms with Gasteiger partial charge in [-0.05, 0) is 25.1 Å². The minimum atomic E-state index is -4.47. The van der Waals surface area contributed by atoms with E-state index in [4.69, 9.17) is 16.3 Å². The summed E-state index contributed by atoms with van der Waals surface area (Å²) in [6, 6.07) is 2.97. The first-order chi connectivity index (χ1) is 9.82. The van der Waals surface area contributed by atoms with Crippen LogP contribution in [-0.4, -0.2) is 17.6 Å². The highest BCUT2D eigenvalue weighted by atomic mass is 35.5. The zero-order chi connectivity index (χ0) is 15.6. The van der Waals surface area contributed by atoms with E-state index in [-0.39, 0.29) is 27.1 Å². The molecule has 0 bridgehead atoms. The van der Waals surface area contributed by atoms with Crippen LogP contribution in [-0.2, 0) is 10.9 Å². The van der Waals surface area contributed by atoms with Crippen LogP contribution in [0.3, 0.4) is 0 Å². The van der Waals surface area contributed by atoms with E-state index in [1.165, 1.54) is 6.20 Å². The van der Waals surface area contributed by atoms with Crippen molar-refractivity contribution in [1.82, 2.24) is 4.98 Å². The third-order valence-corrected chi connectivity index (χ3v) is 3.85. The van der Waals surface area contributed by atoms with Crippen molar-refractivity contribution in [1.29, 1.82) is 0 Å². The molecule has 1 aromatic heterocycles. The second kappa shape index (κ2) is 6.03. The summed E-state index contributed by atoms with van der Waals surface area (Å²) in [4.78, 5) is 15.7. The van der Waals surface area contributed by atoms with Crippen molar-refractivity contribution in [3.8, 4) is 10.6 Å². The average molecular weight is 336 g/mol. The van der Waals surface area contributed by atoms with Crippen LogP contribution in [0.4, 0.5) is 13.2 Å². The van der Waals surface area contributed by atoms with Crippen molar-refractivity contribution in [2.75, 3.05) is 6.61 Å². The van der Waals surface area contributed by atoms with Crippen molar-refractivity contribution in [2.45, 2.75) is 13.1 Å². The van der Waals surface area contributed by atoms with Crippen LogP contribution in [0.2, 0.25) is 5.02 Å². The molecule has 0 aliphatic heterocycles. The number of carbonyl (C=O) groups is 1. The van der Waals surface area contributed by atoms with E-state index in [2.05, 4.69) is 4.98 Å². The summed E-state index contributed by atoms with van der Waals surface area (Å²) in [5.74, 6) is -0.565. The number of nitrogens with zero attached hydrogens (tertiary/aromatic N) is 1. The molecule has 0 fully saturated rings. The smallest absolute Gasteiger partial charge is 0.416 e. The average Bonchev–Trinajstić information content (AvgIpc) is 2.87. The molecule has 0 aliphatic carbocycles. The first kappa shape index (κ1) is 15.8. The standard InChI is InChI=1S/C13H9ClF3NO2S/c1-2-20-12(19)10-6-18-11(21-10)8-5-7(13(15,16)17)3-4-9(8)14/h3-6H,2H2,1H3. The number of rotatable bonds is 3. The molecule has 1 heterocycles. The molecular weight excluding hydrogens is 327 g/mol. The lowest BCUT2D eigenvalue weighted by atomic mass is 10.1. The molecule has 1 aromatic carbocycles. The van der Waals surface area contributed by atoms with Gasteiger partial charge in [0.1, 0.15) is 9.88 Å². The van der Waals surface area contributed by atoms with Gasteiger partial charge in [0, 0.05) is 5.56 Å². The molecule has 3 nitrogen and oxygen atoms in total. The van der Waals surface area contributed by atoms with E-state index in [1.807, 2.05) is 0 Å². The molecular formula is C13H9ClF3NO2S. The highest BCUT2D eigenvalue weighted by molar-refractivity contribution is 7.16. The Balaban J connectivity index is 2.40. The van der Waals surface area contributed by atoms with Crippen molar-refractivity contribution < 1.29 is 22.7 Å². The van der Waals surface area contributed by atoms with Crippen LogP contribution < -0.4 is 0 Å². The normalized spacial score (nSPS) is 11.5. The summed E-state index contributed by atoms with van der Waals surface area (Å²) in [6.07, 6.45) is -3.21. The van der Waals surface area contributed by atoms with Crippen LogP contribution >= 0.6 is 22.9 Å². The predicted molar refractivity (Wildman–Crippen MR) is 73.5 cm³/mol. The summed E-state index contributed by atoms with van der Waals surface area (Å²) >= 11 is 6.84. The lowest BCUT2D eigenvalue weighted by Crippen LogP contribution is -2.04. The molecule has 2 aromatic rings. The van der Waals surface area contributed by atoms with E-state index in [0.717, 1.165) is 29.5 Å². The molecule has 21 heavy (non-hydrogen) atoms. The summed E-state index contributed by atoms with van der Waals surface area (Å²) in [5, 5.41) is 0.363. The summed E-state index contributed by atoms with van der Waals surface area (Å²) in [5.41, 5.74) is -0.693. The maximum atomic E-state index is 12.7. The van der Waals surface area contributed by atoms with Crippen LogP contribution in [0.5, 0.6) is 0 Å². The summed E-state index contributed by atoms with van der Waals surface area (Å²) < 4.78 is 42.9. The molecule has 0 spiro atoms. The van der Waals surface area contributed by atoms with Gasteiger partial charge in [0.05, 0.1) is 23.4 Å². The fraction of sp³-hybridized carbons (Fsp3) is 0.231. The SMILES string of the molecule is CCOC(=O)c1cnc(-c2cc(C(F)(F)F)ccc2Cl)s1. The molecule has 0 amide bonds. The number of esters is 1. The quantitative estimate of drug-likeness (QED) is 0.766. The maximum absolute atomic E-state index is 12.7. The van der Waals surface area contributed by atoms with Gasteiger partial charge < -0.3 is 4.74 Å². The van der Waals surface area contributed by atoms with Crippen LogP contribution in [0.15, 0.2) is 24.4 Å². The first-order valence-electron chi connectivity index (χ1n) is 5.83. The second-order valence-corrected chi connectivity index (χ2v) is 5.38. The van der Waals surface area contributed by atoms with Crippen LogP contribution in [0.25, 0.3) is 10.6 Å². The van der Waals surface area contributed by atoms with Gasteiger partial charge in [-0.2, -0.15) is 13.2 Å². The zero-order valence-electron chi connectivity index (χ0n) is 10.7. The molecule has 112 valence electrons. The van der Waals surface area contributed by atoms with Crippen molar-refractivity contribution in [2.24, 2.45) is 0 Å². The number of halogens is 4. The molecule has 2 rings (SSSR count). The molecule has 0 saturated carbocycles. The lowest BCUT2D eigenvalue weighted by Gasteiger charge is -2.08. The van der Waals surface area contributed by atoms with E-state index in [9.17, 15) is 18.0 Å². The molecule has 0 atom stereocenters. The summed E-state index contributed by atoms with van der Waals surface area (Å²) in [7, 11) is 0. The van der Waals surface area contributed by atoms with Gasteiger partial charge in [-0.15, -0.1) is 11.3 Å². The Morgan fingerprint density at radius 1 is 1.43 bits per heavy atom. The number of hydrogen-bond acceptors (Lipinski definition) is 4. The van der Waals surface area contributed by atoms with Gasteiger partial charge in [-0.3, -0.25) is 0 Å². The Morgan fingerprint density at radius 2 is 2.14 bits per heavy atom. The van der Waals surface area contributed by atoms with Gasteiger partial charge in [-0.25, -0.2) is 9.78 Å². The Bertz CT molecular complexity index is 670. The highest BCUT2D eigenvalue weighted by Crippen LogP contribution is 2.37. The third-order valence-electron chi connectivity index (χ3n) is 2.51. The molecule has 0 saturated heterocycles. The number of ether oxygens (including phenoxy) is 1. The Labute approximate surface area is 127 Å². The number of hydrogen-bond donors (Lipinski definition) is 0. The largest absolute Gasteiger partial charge is 0.462 e. The minimum Gasteiger partial charge on any atom is -0.462 e. The monoisotopic (exact) mass is 335 g/mol. The maximum Gasteiger partial charge on any atom is 0.416 e. The van der Waals surface area contributed by atoms with E-state index in [0.29, 0.717) is 0 Å². The van der Waals surface area contributed by atoms with Crippen molar-refractivity contribution in [3.63, 3.8) is 0 Å². The summed E-state index contributed by atoms with van der Waals surface area (Å²) in [6.45, 7) is 1.86. The van der Waals surface area contributed by atoms with Crippen LogP contribution in [0, 0.1) is 0 Å². The fourth-order valence-electron chi connectivity index (χ4n) is 1.56. The molecule has 8 heteroatoms. The second-order valence-electron chi connectivity index (χ2n) is 3.94. The van der Waals surface area contributed by atoms with Gasteiger partial charge in [0.2, 0.25) is 0 Å². The first-order valence-corrected chi connectivity index (χ1v) is 7.02. The molecule has 0 aliphatic rings. The number of alkyl halides is 3. The molecule has 0 N–H and O–H groups in total. The topological polar surface area (TPSA) is 39.2 Å². The van der Waals surface area contributed by atoms with Crippen LogP contribution in [0.1, 0.15) is 22.2 Å². The third kappa shape index (κ3) is 3.54. The molecule has 0 unspecified atom stereocenters. The fourth-order valence-corrected chi connectivity index (χ4v) is 2.66. The van der Waals surface area contributed by atoms with E-state index >= 15 is 0 Å². The Kier molecular flexibility index (Phi) is 4.53. The van der Waals surface area contributed by atoms with Gasteiger partial charge in [0.25, 0.3) is 0 Å². The van der Waals surface area contributed by atoms with Gasteiger partial charge >= 0.3 is 12.1 Å². The predicted octanol–water partition coefficient (Wildman–Crippen LogP) is 4.66. The van der Waals surface area contributed by atoms with Gasteiger partial charge in [0.15, 0.2) is 0 Å². The number of benzene rings is 1. The minimum absolute atomic E-state index is 0.132. The zero-order valence-corrected chi connectivity index (χ0v) is 12.3. The Morgan fingerprint density at radius 3 is 2.76 bits per heavy atom. The lowest BCUT2D eigenvalue weighted by molar-refractivity contribution is -0.137. The van der Waals surface area contributed by atoms with E-state index < -0.39 is 17.7 Å². The number of thiazole rings is 1. The number of aromatic nitrogens is 1. The highest BCUT2D eigenvalue weighted by Gasteiger charge is 2.31. The van der Waals surface area contributed by atoms with E-state index in [1.54, 1.807) is 6.92 Å². The van der Waals surface area contributed by atoms with Crippen molar-refractivity contribution >= 4 is 28.9 Å². The number of carbonyl (C=O) groups excluding carboxylic acids is 1. The van der Waals surface area contributed by atoms with Gasteiger partial charge in [-0.1, -0.05) is 11.6 Å². The molecule has 0 radical (unpaired) electrons. The Hall–Kier alpha value is -1.60.